The van der Waals surface area contributed by atoms with Gasteiger partial charge in [-0.05, 0) is 20.2 Å². The minimum atomic E-state index is -0.323. The molecule has 0 atom stereocenters. The number of hydrogen-bond acceptors (Lipinski definition) is 6. The Kier molecular flexibility index (Phi) is 4.86. The second kappa shape index (κ2) is 7.09. The van der Waals surface area contributed by atoms with Crippen molar-refractivity contribution in [3.8, 4) is 28.4 Å². The van der Waals surface area contributed by atoms with E-state index in [-0.39, 0.29) is 16.6 Å². The lowest BCUT2D eigenvalue weighted by molar-refractivity contribution is 0.367. The first-order valence-electron chi connectivity index (χ1n) is 8.10. The van der Waals surface area contributed by atoms with Gasteiger partial charge in [0, 0.05) is 18.2 Å². The molecule has 3 aromatic rings. The second-order valence-corrected chi connectivity index (χ2v) is 6.20. The molecule has 1 N–H and O–H groups in total. The summed E-state index contributed by atoms with van der Waals surface area (Å²) < 4.78 is 16.5. The number of ether oxygens (including phenoxy) is 2. The van der Waals surface area contributed by atoms with Crippen molar-refractivity contribution < 1.29 is 19.0 Å². The van der Waals surface area contributed by atoms with Crippen molar-refractivity contribution in [1.82, 2.24) is 4.90 Å². The van der Waals surface area contributed by atoms with Crippen LogP contribution in [-0.2, 0) is 6.54 Å². The first-order valence-corrected chi connectivity index (χ1v) is 8.10. The summed E-state index contributed by atoms with van der Waals surface area (Å²) in [4.78, 5) is 15.1. The van der Waals surface area contributed by atoms with Crippen LogP contribution in [0.4, 0.5) is 0 Å². The molecule has 0 saturated heterocycles. The maximum atomic E-state index is 13.1. The van der Waals surface area contributed by atoms with Gasteiger partial charge < -0.3 is 23.9 Å². The summed E-state index contributed by atoms with van der Waals surface area (Å²) in [5.74, 6) is 0.849. The molecular formula is C20H21NO5. The number of rotatable bonds is 5. The molecule has 0 aliphatic heterocycles. The van der Waals surface area contributed by atoms with Crippen LogP contribution in [0.1, 0.15) is 5.56 Å². The fraction of sp³-hybridized carbons (Fsp3) is 0.250. The maximum Gasteiger partial charge on any atom is 0.204 e. The van der Waals surface area contributed by atoms with E-state index < -0.39 is 0 Å². The van der Waals surface area contributed by atoms with Gasteiger partial charge in [-0.25, -0.2) is 0 Å². The Balaban J connectivity index is 2.34. The summed E-state index contributed by atoms with van der Waals surface area (Å²) in [6.45, 7) is 0.497. The molecule has 0 aliphatic carbocycles. The van der Waals surface area contributed by atoms with Crippen LogP contribution in [0.15, 0.2) is 45.8 Å². The molecule has 3 rings (SSSR count). The molecule has 0 spiro atoms. The van der Waals surface area contributed by atoms with Gasteiger partial charge in [0.05, 0.1) is 25.3 Å². The lowest BCUT2D eigenvalue weighted by Gasteiger charge is -2.16. The monoisotopic (exact) mass is 355 g/mol. The smallest absolute Gasteiger partial charge is 0.204 e. The van der Waals surface area contributed by atoms with Gasteiger partial charge in [-0.1, -0.05) is 18.2 Å². The van der Waals surface area contributed by atoms with Crippen molar-refractivity contribution >= 4 is 11.0 Å². The number of phenols is 1. The summed E-state index contributed by atoms with van der Waals surface area (Å²) >= 11 is 0. The first kappa shape index (κ1) is 17.8. The van der Waals surface area contributed by atoms with Crippen LogP contribution >= 0.6 is 0 Å². The highest BCUT2D eigenvalue weighted by Crippen LogP contribution is 2.36. The largest absolute Gasteiger partial charge is 0.507 e. The number of benzene rings is 2. The van der Waals surface area contributed by atoms with E-state index in [1.807, 2.05) is 31.1 Å². The van der Waals surface area contributed by atoms with Crippen molar-refractivity contribution in [1.29, 1.82) is 0 Å². The van der Waals surface area contributed by atoms with Gasteiger partial charge in [0.15, 0.2) is 0 Å². The quantitative estimate of drug-likeness (QED) is 0.757. The van der Waals surface area contributed by atoms with Gasteiger partial charge >= 0.3 is 0 Å². The number of nitrogens with zero attached hydrogens (tertiary/aromatic N) is 1. The maximum absolute atomic E-state index is 13.1. The van der Waals surface area contributed by atoms with Crippen molar-refractivity contribution in [2.45, 2.75) is 6.54 Å². The van der Waals surface area contributed by atoms with Crippen LogP contribution in [0.5, 0.6) is 17.2 Å². The Hall–Kier alpha value is -2.99. The van der Waals surface area contributed by atoms with Crippen LogP contribution < -0.4 is 14.9 Å². The van der Waals surface area contributed by atoms with Crippen LogP contribution in [0.3, 0.4) is 0 Å². The van der Waals surface area contributed by atoms with Crippen LogP contribution in [0.2, 0.25) is 0 Å². The standard InChI is InChI=1S/C20H21NO5/c1-21(2)10-13-17(25-4)9-15(22)18-19(23)14(11-26-20(13)18)12-7-5-6-8-16(12)24-3/h5-9,11,22H,10H2,1-4H3. The molecule has 0 aliphatic rings. The average molecular weight is 355 g/mol. The number of aromatic hydroxyl groups is 1. The Bertz CT molecular complexity index is 1010. The van der Waals surface area contributed by atoms with E-state index in [2.05, 4.69) is 0 Å². The van der Waals surface area contributed by atoms with Gasteiger partial charge in [-0.2, -0.15) is 0 Å². The average Bonchev–Trinajstić information content (AvgIpc) is 2.63. The Morgan fingerprint density at radius 2 is 1.77 bits per heavy atom. The van der Waals surface area contributed by atoms with Gasteiger partial charge in [0.1, 0.15) is 34.5 Å². The predicted molar refractivity (Wildman–Crippen MR) is 100 cm³/mol. The minimum absolute atomic E-state index is 0.131. The van der Waals surface area contributed by atoms with E-state index in [0.29, 0.717) is 40.3 Å². The molecule has 1 heterocycles. The zero-order valence-corrected chi connectivity index (χ0v) is 15.2. The molecular weight excluding hydrogens is 334 g/mol. The Morgan fingerprint density at radius 3 is 2.42 bits per heavy atom. The third kappa shape index (κ3) is 2.99. The third-order valence-electron chi connectivity index (χ3n) is 4.18. The third-order valence-corrected chi connectivity index (χ3v) is 4.18. The highest BCUT2D eigenvalue weighted by molar-refractivity contribution is 5.91. The molecule has 1 aromatic heterocycles. The molecule has 0 bridgehead atoms. The van der Waals surface area contributed by atoms with Gasteiger partial charge in [0.25, 0.3) is 0 Å². The Morgan fingerprint density at radius 1 is 1.08 bits per heavy atom. The number of methoxy groups -OCH3 is 2. The van der Waals surface area contributed by atoms with E-state index in [1.165, 1.54) is 19.4 Å². The zero-order valence-electron chi connectivity index (χ0n) is 15.2. The summed E-state index contributed by atoms with van der Waals surface area (Å²) in [5.41, 5.74) is 1.63. The van der Waals surface area contributed by atoms with E-state index in [9.17, 15) is 9.90 Å². The first-order chi connectivity index (χ1) is 12.5. The number of hydrogen-bond donors (Lipinski definition) is 1. The molecule has 6 heteroatoms. The van der Waals surface area contributed by atoms with Crippen molar-refractivity contribution in [3.05, 3.63) is 52.4 Å². The van der Waals surface area contributed by atoms with Gasteiger partial charge in [-0.15, -0.1) is 0 Å². The second-order valence-electron chi connectivity index (χ2n) is 6.20. The molecule has 0 unspecified atom stereocenters. The molecule has 26 heavy (non-hydrogen) atoms. The molecule has 0 fully saturated rings. The topological polar surface area (TPSA) is 72.1 Å². The summed E-state index contributed by atoms with van der Waals surface area (Å²) in [6, 6.07) is 8.63. The molecule has 6 nitrogen and oxygen atoms in total. The molecule has 0 saturated carbocycles. The fourth-order valence-corrected chi connectivity index (χ4v) is 3.02. The van der Waals surface area contributed by atoms with Crippen molar-refractivity contribution in [3.63, 3.8) is 0 Å². The highest BCUT2D eigenvalue weighted by Gasteiger charge is 2.21. The van der Waals surface area contributed by atoms with Gasteiger partial charge in [-0.3, -0.25) is 4.79 Å². The molecule has 0 amide bonds. The molecule has 136 valence electrons. The van der Waals surface area contributed by atoms with Crippen molar-refractivity contribution in [2.24, 2.45) is 0 Å². The van der Waals surface area contributed by atoms with Crippen molar-refractivity contribution in [2.75, 3.05) is 28.3 Å². The van der Waals surface area contributed by atoms with Gasteiger partial charge in [0.2, 0.25) is 5.43 Å². The summed E-state index contributed by atoms with van der Waals surface area (Å²) in [5, 5.41) is 10.6. The molecule has 2 aromatic carbocycles. The Labute approximate surface area is 151 Å². The van der Waals surface area contributed by atoms with E-state index in [1.54, 1.807) is 19.2 Å². The predicted octanol–water partition coefficient (Wildman–Crippen LogP) is 3.24. The lowest BCUT2D eigenvalue weighted by atomic mass is 10.0. The fourth-order valence-electron chi connectivity index (χ4n) is 3.02. The summed E-state index contributed by atoms with van der Waals surface area (Å²) in [6.07, 6.45) is 1.40. The number of para-hydroxylation sites is 1. The minimum Gasteiger partial charge on any atom is -0.507 e. The lowest BCUT2D eigenvalue weighted by Crippen LogP contribution is -2.14. The van der Waals surface area contributed by atoms with E-state index >= 15 is 0 Å². The normalized spacial score (nSPS) is 11.1. The van der Waals surface area contributed by atoms with E-state index in [0.717, 1.165) is 0 Å². The van der Waals surface area contributed by atoms with E-state index in [4.69, 9.17) is 13.9 Å². The van der Waals surface area contributed by atoms with Crippen LogP contribution in [-0.4, -0.2) is 38.3 Å². The van der Waals surface area contributed by atoms with Crippen LogP contribution in [0.25, 0.3) is 22.1 Å². The highest BCUT2D eigenvalue weighted by atomic mass is 16.5. The zero-order chi connectivity index (χ0) is 18.8. The summed E-state index contributed by atoms with van der Waals surface area (Å²) in [7, 11) is 6.86. The molecule has 0 radical (unpaired) electrons. The number of phenolic OH excluding ortho intramolecular Hbond substituents is 1. The SMILES string of the molecule is COc1ccccc1-c1coc2c(CN(C)C)c(OC)cc(O)c2c1=O. The number of fused-ring (bicyclic) bond motifs is 1. The van der Waals surface area contributed by atoms with Crippen LogP contribution in [0, 0.1) is 0 Å².